The van der Waals surface area contributed by atoms with Crippen LogP contribution in [0.5, 0.6) is 0 Å². The van der Waals surface area contributed by atoms with E-state index in [0.29, 0.717) is 6.54 Å². The second-order valence-corrected chi connectivity index (χ2v) is 7.42. The Morgan fingerprint density at radius 1 is 1.12 bits per heavy atom. The van der Waals surface area contributed by atoms with Gasteiger partial charge < -0.3 is 9.73 Å². The highest BCUT2D eigenvalue weighted by molar-refractivity contribution is 8.00. The Hall–Kier alpha value is -2.58. The average molecular weight is 369 g/mol. The molecule has 0 unspecified atom stereocenters. The van der Waals surface area contributed by atoms with Crippen molar-refractivity contribution >= 4 is 28.2 Å². The number of para-hydroxylation sites is 1. The molecule has 0 aliphatic heterocycles. The van der Waals surface area contributed by atoms with Gasteiger partial charge in [-0.25, -0.2) is 4.68 Å². The third kappa shape index (κ3) is 4.09. The maximum atomic E-state index is 5.29. The van der Waals surface area contributed by atoms with Crippen molar-refractivity contribution in [3.63, 3.8) is 0 Å². The van der Waals surface area contributed by atoms with Crippen molar-refractivity contribution in [3.05, 3.63) is 72.4 Å². The van der Waals surface area contributed by atoms with Crippen LogP contribution in [0.15, 0.2) is 69.9 Å². The molecule has 1 aromatic carbocycles. The molecule has 4 aromatic rings. The van der Waals surface area contributed by atoms with Crippen LogP contribution in [-0.4, -0.2) is 20.0 Å². The molecule has 0 aliphatic carbocycles. The lowest BCUT2D eigenvalue weighted by Crippen LogP contribution is -1.96. The number of benzene rings is 1. The zero-order valence-corrected chi connectivity index (χ0v) is 14.8. The smallest absolute Gasteiger partial charge is 0.206 e. The van der Waals surface area contributed by atoms with Gasteiger partial charge in [0.1, 0.15) is 5.76 Å². The van der Waals surface area contributed by atoms with Crippen LogP contribution in [0.25, 0.3) is 5.69 Å². The molecule has 3 heterocycles. The standard InChI is InChI=1S/C17H15N5OS2/c1-2-5-14(6-3-1)22-11-13(9-19-22)12-24-17-21-20-16(25-17)18-10-15-7-4-8-23-15/h1-9,11H,10,12H2,(H,18,20). The number of rotatable bonds is 7. The van der Waals surface area contributed by atoms with Crippen molar-refractivity contribution < 1.29 is 4.42 Å². The van der Waals surface area contributed by atoms with E-state index in [9.17, 15) is 0 Å². The molecule has 0 saturated heterocycles. The number of hydrogen-bond donors (Lipinski definition) is 1. The number of furan rings is 1. The van der Waals surface area contributed by atoms with E-state index in [1.54, 1.807) is 18.0 Å². The molecule has 1 N–H and O–H groups in total. The normalized spacial score (nSPS) is 10.9. The van der Waals surface area contributed by atoms with E-state index in [1.165, 1.54) is 11.3 Å². The number of nitrogens with one attached hydrogen (secondary N) is 1. The van der Waals surface area contributed by atoms with Crippen LogP contribution >= 0.6 is 23.1 Å². The summed E-state index contributed by atoms with van der Waals surface area (Å²) in [4.78, 5) is 0. The Bertz CT molecular complexity index is 918. The van der Waals surface area contributed by atoms with E-state index in [0.717, 1.165) is 32.2 Å². The lowest BCUT2D eigenvalue weighted by Gasteiger charge is -1.99. The van der Waals surface area contributed by atoms with Crippen LogP contribution in [0, 0.1) is 0 Å². The van der Waals surface area contributed by atoms with Gasteiger partial charge in [-0.2, -0.15) is 5.10 Å². The zero-order chi connectivity index (χ0) is 16.9. The first kappa shape index (κ1) is 15.9. The van der Waals surface area contributed by atoms with Crippen LogP contribution in [-0.2, 0) is 12.3 Å². The van der Waals surface area contributed by atoms with Gasteiger partial charge >= 0.3 is 0 Å². The Morgan fingerprint density at radius 3 is 2.88 bits per heavy atom. The minimum absolute atomic E-state index is 0.607. The summed E-state index contributed by atoms with van der Waals surface area (Å²) >= 11 is 3.19. The lowest BCUT2D eigenvalue weighted by molar-refractivity contribution is 0.518. The number of hydrogen-bond acceptors (Lipinski definition) is 7. The first-order chi connectivity index (χ1) is 12.4. The van der Waals surface area contributed by atoms with E-state index in [-0.39, 0.29) is 0 Å². The highest BCUT2D eigenvalue weighted by Crippen LogP contribution is 2.28. The highest BCUT2D eigenvalue weighted by atomic mass is 32.2. The van der Waals surface area contributed by atoms with Crippen molar-refractivity contribution in [2.75, 3.05) is 5.32 Å². The minimum Gasteiger partial charge on any atom is -0.467 e. The largest absolute Gasteiger partial charge is 0.467 e. The SMILES string of the molecule is c1ccc(-n2cc(CSc3nnc(NCc4ccco4)s3)cn2)cc1. The summed E-state index contributed by atoms with van der Waals surface area (Å²) in [6, 6.07) is 13.9. The second kappa shape index (κ2) is 7.54. The molecular weight excluding hydrogens is 354 g/mol. The predicted octanol–water partition coefficient (Wildman–Crippen LogP) is 4.22. The summed E-state index contributed by atoms with van der Waals surface area (Å²) in [7, 11) is 0. The molecule has 0 saturated carbocycles. The van der Waals surface area contributed by atoms with Gasteiger partial charge in [0.05, 0.1) is 24.7 Å². The molecule has 3 aromatic heterocycles. The Balaban J connectivity index is 1.32. The fourth-order valence-corrected chi connectivity index (χ4v) is 3.88. The predicted molar refractivity (Wildman–Crippen MR) is 99.1 cm³/mol. The van der Waals surface area contributed by atoms with Crippen LogP contribution in [0.4, 0.5) is 5.13 Å². The van der Waals surface area contributed by atoms with Gasteiger partial charge in [-0.15, -0.1) is 10.2 Å². The molecule has 0 amide bonds. The summed E-state index contributed by atoms with van der Waals surface area (Å²) < 4.78 is 8.09. The number of nitrogens with zero attached hydrogens (tertiary/aromatic N) is 4. The van der Waals surface area contributed by atoms with Crippen molar-refractivity contribution in [2.45, 2.75) is 16.6 Å². The van der Waals surface area contributed by atoms with Crippen LogP contribution in [0.3, 0.4) is 0 Å². The van der Waals surface area contributed by atoms with E-state index in [2.05, 4.69) is 20.6 Å². The second-order valence-electron chi connectivity index (χ2n) is 5.22. The van der Waals surface area contributed by atoms with Crippen LogP contribution in [0.1, 0.15) is 11.3 Å². The monoisotopic (exact) mass is 369 g/mol. The summed E-state index contributed by atoms with van der Waals surface area (Å²) in [6.07, 6.45) is 5.59. The highest BCUT2D eigenvalue weighted by Gasteiger charge is 2.07. The van der Waals surface area contributed by atoms with Gasteiger partial charge in [0, 0.05) is 17.5 Å². The van der Waals surface area contributed by atoms with Crippen molar-refractivity contribution in [1.29, 1.82) is 0 Å². The molecule has 0 fully saturated rings. The van der Waals surface area contributed by atoms with Gasteiger partial charge in [0.2, 0.25) is 5.13 Å². The Labute approximate surface area is 152 Å². The van der Waals surface area contributed by atoms with Crippen molar-refractivity contribution in [2.24, 2.45) is 0 Å². The van der Waals surface area contributed by atoms with E-state index in [1.807, 2.05) is 59.5 Å². The number of aromatic nitrogens is 4. The van der Waals surface area contributed by atoms with Crippen molar-refractivity contribution in [3.8, 4) is 5.69 Å². The fraction of sp³-hybridized carbons (Fsp3) is 0.118. The lowest BCUT2D eigenvalue weighted by atomic mass is 10.3. The molecule has 6 nitrogen and oxygen atoms in total. The van der Waals surface area contributed by atoms with E-state index < -0.39 is 0 Å². The number of thioether (sulfide) groups is 1. The van der Waals surface area contributed by atoms with Gasteiger partial charge in [-0.05, 0) is 24.3 Å². The van der Waals surface area contributed by atoms with Crippen LogP contribution in [0.2, 0.25) is 0 Å². The summed E-state index contributed by atoms with van der Waals surface area (Å²) in [5, 5.41) is 16.8. The van der Waals surface area contributed by atoms with Gasteiger partial charge in [0.15, 0.2) is 4.34 Å². The molecular formula is C17H15N5OS2. The van der Waals surface area contributed by atoms with Gasteiger partial charge in [0.25, 0.3) is 0 Å². The van der Waals surface area contributed by atoms with Crippen molar-refractivity contribution in [1.82, 2.24) is 20.0 Å². The molecule has 0 atom stereocenters. The summed E-state index contributed by atoms with van der Waals surface area (Å²) in [6.45, 7) is 0.607. The van der Waals surface area contributed by atoms with E-state index >= 15 is 0 Å². The number of anilines is 1. The third-order valence-corrected chi connectivity index (χ3v) is 5.50. The van der Waals surface area contributed by atoms with Crippen LogP contribution < -0.4 is 5.32 Å². The summed E-state index contributed by atoms with van der Waals surface area (Å²) in [5.74, 6) is 1.68. The molecule has 4 rings (SSSR count). The fourth-order valence-electron chi connectivity index (χ4n) is 2.22. The molecule has 126 valence electrons. The Morgan fingerprint density at radius 2 is 2.04 bits per heavy atom. The summed E-state index contributed by atoms with van der Waals surface area (Å²) in [5.41, 5.74) is 2.20. The molecule has 0 radical (unpaired) electrons. The maximum Gasteiger partial charge on any atom is 0.206 e. The zero-order valence-electron chi connectivity index (χ0n) is 13.2. The molecule has 25 heavy (non-hydrogen) atoms. The molecule has 0 bridgehead atoms. The Kier molecular flexibility index (Phi) is 4.80. The first-order valence-electron chi connectivity index (χ1n) is 7.68. The maximum absolute atomic E-state index is 5.29. The molecule has 8 heteroatoms. The van der Waals surface area contributed by atoms with Gasteiger partial charge in [-0.1, -0.05) is 41.3 Å². The third-order valence-electron chi connectivity index (χ3n) is 3.42. The van der Waals surface area contributed by atoms with Gasteiger partial charge in [-0.3, -0.25) is 0 Å². The average Bonchev–Trinajstić information content (AvgIpc) is 3.40. The molecule has 0 spiro atoms. The first-order valence-corrected chi connectivity index (χ1v) is 9.48. The molecule has 0 aliphatic rings. The van der Waals surface area contributed by atoms with E-state index in [4.69, 9.17) is 4.42 Å². The minimum atomic E-state index is 0.607. The quantitative estimate of drug-likeness (QED) is 0.492. The topological polar surface area (TPSA) is 68.8 Å².